The van der Waals surface area contributed by atoms with Crippen LogP contribution in [-0.4, -0.2) is 18.6 Å². The zero-order valence-electron chi connectivity index (χ0n) is 10.1. The van der Waals surface area contributed by atoms with Crippen LogP contribution in [0.15, 0.2) is 18.2 Å². The highest BCUT2D eigenvalue weighted by molar-refractivity contribution is 5.94. The molecule has 1 heterocycles. The summed E-state index contributed by atoms with van der Waals surface area (Å²) < 4.78 is 19.1. The fraction of sp³-hybridized carbons (Fsp3) is 0.500. The van der Waals surface area contributed by atoms with E-state index in [4.69, 9.17) is 4.74 Å². The molecule has 4 heteroatoms. The van der Waals surface area contributed by atoms with Crippen LogP contribution in [0, 0.1) is 5.82 Å². The van der Waals surface area contributed by atoms with E-state index in [0.29, 0.717) is 18.2 Å². The molecular weight excluding hydrogens is 233 g/mol. The second-order valence-electron chi connectivity index (χ2n) is 5.00. The number of nitrogens with one attached hydrogen (secondary N) is 1. The van der Waals surface area contributed by atoms with Gasteiger partial charge in [0.05, 0.1) is 0 Å². The summed E-state index contributed by atoms with van der Waals surface area (Å²) in [5.74, 6) is -0.0124. The smallest absolute Gasteiger partial charge is 0.253 e. The van der Waals surface area contributed by atoms with Gasteiger partial charge in [-0.25, -0.2) is 4.39 Å². The first-order chi connectivity index (χ1) is 8.74. The Morgan fingerprint density at radius 2 is 2.17 bits per heavy atom. The number of carbonyl (C=O) groups excluding carboxylic acids is 1. The van der Waals surface area contributed by atoms with Crippen molar-refractivity contribution >= 4 is 11.6 Å². The molecule has 1 aliphatic carbocycles. The monoisotopic (exact) mass is 249 g/mol. The molecule has 0 spiro atoms. The molecule has 1 aromatic carbocycles. The van der Waals surface area contributed by atoms with Crippen molar-refractivity contribution in [2.75, 3.05) is 11.9 Å². The predicted molar refractivity (Wildman–Crippen MR) is 66.0 cm³/mol. The topological polar surface area (TPSA) is 38.3 Å². The lowest BCUT2D eigenvalue weighted by molar-refractivity contribution is -0.124. The van der Waals surface area contributed by atoms with Crippen molar-refractivity contribution in [2.24, 2.45) is 0 Å². The number of halogens is 1. The van der Waals surface area contributed by atoms with Crippen molar-refractivity contribution in [3.63, 3.8) is 0 Å². The van der Waals surface area contributed by atoms with Crippen LogP contribution in [0.2, 0.25) is 0 Å². The van der Waals surface area contributed by atoms with Gasteiger partial charge < -0.3 is 10.1 Å². The average molecular weight is 249 g/mol. The van der Waals surface area contributed by atoms with Gasteiger partial charge in [-0.05, 0) is 49.3 Å². The van der Waals surface area contributed by atoms with Gasteiger partial charge in [0.25, 0.3) is 5.91 Å². The molecule has 1 amide bonds. The molecule has 1 aromatic rings. The molecule has 2 aliphatic rings. The number of amides is 1. The lowest BCUT2D eigenvalue weighted by atomic mass is 10.1. The van der Waals surface area contributed by atoms with Crippen LogP contribution >= 0.6 is 0 Å². The number of benzene rings is 1. The molecule has 1 atom stereocenters. The van der Waals surface area contributed by atoms with Crippen LogP contribution in [0.25, 0.3) is 0 Å². The first-order valence-corrected chi connectivity index (χ1v) is 6.46. The third-order valence-corrected chi connectivity index (χ3v) is 3.51. The molecule has 96 valence electrons. The maximum Gasteiger partial charge on any atom is 0.253 e. The molecule has 1 aliphatic heterocycles. The molecule has 1 saturated heterocycles. The summed E-state index contributed by atoms with van der Waals surface area (Å²) in [5.41, 5.74) is 1.28. The zero-order valence-corrected chi connectivity index (χ0v) is 10.1. The van der Waals surface area contributed by atoms with Crippen LogP contribution in [0.3, 0.4) is 0 Å². The first-order valence-electron chi connectivity index (χ1n) is 6.46. The standard InChI is InChI=1S/C14H16FNO2/c15-12-8-10(5-6-11(12)9-3-4-9)16-14(17)13-2-1-7-18-13/h5-6,8-9,13H,1-4,7H2,(H,16,17)/t13-/m0/s1. The number of hydrogen-bond donors (Lipinski definition) is 1. The third kappa shape index (κ3) is 2.38. The van der Waals surface area contributed by atoms with E-state index in [1.807, 2.05) is 0 Å². The van der Waals surface area contributed by atoms with Gasteiger partial charge in [-0.1, -0.05) is 6.07 Å². The Hall–Kier alpha value is -1.42. The molecule has 1 N–H and O–H groups in total. The van der Waals surface area contributed by atoms with Crippen LogP contribution in [-0.2, 0) is 9.53 Å². The van der Waals surface area contributed by atoms with Crippen molar-refractivity contribution in [1.29, 1.82) is 0 Å². The van der Waals surface area contributed by atoms with Gasteiger partial charge in [-0.3, -0.25) is 4.79 Å². The van der Waals surface area contributed by atoms with Gasteiger partial charge >= 0.3 is 0 Å². The Morgan fingerprint density at radius 1 is 1.33 bits per heavy atom. The van der Waals surface area contributed by atoms with E-state index < -0.39 is 0 Å². The van der Waals surface area contributed by atoms with E-state index in [1.165, 1.54) is 6.07 Å². The SMILES string of the molecule is O=C(Nc1ccc(C2CC2)c(F)c1)[C@@H]1CCCO1. The van der Waals surface area contributed by atoms with Gasteiger partial charge in [0.15, 0.2) is 0 Å². The minimum absolute atomic E-state index is 0.175. The van der Waals surface area contributed by atoms with Gasteiger partial charge in [0.1, 0.15) is 11.9 Å². The summed E-state index contributed by atoms with van der Waals surface area (Å²) >= 11 is 0. The van der Waals surface area contributed by atoms with Crippen molar-refractivity contribution in [2.45, 2.75) is 37.7 Å². The molecule has 2 fully saturated rings. The number of carbonyl (C=O) groups is 1. The van der Waals surface area contributed by atoms with Gasteiger partial charge in [0.2, 0.25) is 0 Å². The third-order valence-electron chi connectivity index (χ3n) is 3.51. The zero-order chi connectivity index (χ0) is 12.5. The quantitative estimate of drug-likeness (QED) is 0.894. The minimum Gasteiger partial charge on any atom is -0.368 e. The Labute approximate surface area is 105 Å². The number of anilines is 1. The molecule has 1 saturated carbocycles. The Bertz CT molecular complexity index is 465. The summed E-state index contributed by atoms with van der Waals surface area (Å²) in [6.07, 6.45) is 3.41. The lowest BCUT2D eigenvalue weighted by Gasteiger charge is -2.11. The Kier molecular flexibility index (Phi) is 3.04. The van der Waals surface area contributed by atoms with Crippen LogP contribution in [0.4, 0.5) is 10.1 Å². The highest BCUT2D eigenvalue weighted by atomic mass is 19.1. The molecule has 18 heavy (non-hydrogen) atoms. The normalized spacial score (nSPS) is 23.1. The Morgan fingerprint density at radius 3 is 2.78 bits per heavy atom. The van der Waals surface area contributed by atoms with Gasteiger partial charge in [-0.15, -0.1) is 0 Å². The largest absolute Gasteiger partial charge is 0.368 e. The molecule has 0 bridgehead atoms. The molecule has 3 rings (SSSR count). The minimum atomic E-state index is -0.379. The van der Waals surface area contributed by atoms with E-state index in [1.54, 1.807) is 12.1 Å². The Balaban J connectivity index is 1.68. The molecule has 3 nitrogen and oxygen atoms in total. The molecular formula is C14H16FNO2. The maximum absolute atomic E-state index is 13.8. The summed E-state index contributed by atoms with van der Waals surface area (Å²) in [7, 11) is 0. The fourth-order valence-corrected chi connectivity index (χ4v) is 2.34. The molecule has 0 unspecified atom stereocenters. The average Bonchev–Trinajstić information content (AvgIpc) is 3.03. The fourth-order valence-electron chi connectivity index (χ4n) is 2.34. The van der Waals surface area contributed by atoms with E-state index in [-0.39, 0.29) is 17.8 Å². The molecule has 0 aromatic heterocycles. The van der Waals surface area contributed by atoms with Gasteiger partial charge in [-0.2, -0.15) is 0 Å². The van der Waals surface area contributed by atoms with Crippen molar-refractivity contribution in [3.8, 4) is 0 Å². The van der Waals surface area contributed by atoms with E-state index in [2.05, 4.69) is 5.32 Å². The number of hydrogen-bond acceptors (Lipinski definition) is 2. The van der Waals surface area contributed by atoms with Gasteiger partial charge in [0, 0.05) is 12.3 Å². The highest BCUT2D eigenvalue weighted by Crippen LogP contribution is 2.41. The predicted octanol–water partition coefficient (Wildman–Crippen LogP) is 2.82. The van der Waals surface area contributed by atoms with Crippen LogP contribution < -0.4 is 5.32 Å². The second-order valence-corrected chi connectivity index (χ2v) is 5.00. The van der Waals surface area contributed by atoms with Crippen molar-refractivity contribution in [3.05, 3.63) is 29.6 Å². The van der Waals surface area contributed by atoms with E-state index >= 15 is 0 Å². The van der Waals surface area contributed by atoms with Crippen molar-refractivity contribution in [1.82, 2.24) is 0 Å². The molecule has 0 radical (unpaired) electrons. The van der Waals surface area contributed by atoms with E-state index in [9.17, 15) is 9.18 Å². The second kappa shape index (κ2) is 4.69. The summed E-state index contributed by atoms with van der Waals surface area (Å²) in [6.45, 7) is 0.632. The number of ether oxygens (including phenoxy) is 1. The van der Waals surface area contributed by atoms with Crippen LogP contribution in [0.1, 0.15) is 37.2 Å². The highest BCUT2D eigenvalue weighted by Gasteiger charge is 2.27. The summed E-state index contributed by atoms with van der Waals surface area (Å²) in [4.78, 5) is 11.8. The van der Waals surface area contributed by atoms with E-state index in [0.717, 1.165) is 31.2 Å². The summed E-state index contributed by atoms with van der Waals surface area (Å²) in [5, 5.41) is 2.71. The maximum atomic E-state index is 13.8. The van der Waals surface area contributed by atoms with Crippen molar-refractivity contribution < 1.29 is 13.9 Å². The first kappa shape index (κ1) is 11.7. The number of rotatable bonds is 3. The summed E-state index contributed by atoms with van der Waals surface area (Å²) in [6, 6.07) is 4.95. The van der Waals surface area contributed by atoms with Crippen LogP contribution in [0.5, 0.6) is 0 Å². The lowest BCUT2D eigenvalue weighted by Crippen LogP contribution is -2.26.